The molecule has 0 aliphatic heterocycles. The van der Waals surface area contributed by atoms with Gasteiger partial charge in [0.2, 0.25) is 0 Å². The highest BCUT2D eigenvalue weighted by Crippen LogP contribution is 2.19. The largest absolute Gasteiger partial charge is 0.340 e. The average Bonchev–Trinajstić information content (AvgIpc) is 2.42. The maximum Gasteiger partial charge on any atom is 0.130 e. The first kappa shape index (κ1) is 12.1. The normalized spacial score (nSPS) is 9.83. The number of hydrogen-bond acceptors (Lipinski definition) is 3. The Bertz CT molecular complexity index is 580. The van der Waals surface area contributed by atoms with E-state index in [2.05, 4.69) is 42.4 Å². The van der Waals surface area contributed by atoms with Gasteiger partial charge in [0.25, 0.3) is 0 Å². The highest BCUT2D eigenvalue weighted by Gasteiger charge is 2.00. The Kier molecular flexibility index (Phi) is 3.59. The van der Waals surface area contributed by atoms with Crippen LogP contribution in [0.1, 0.15) is 23.6 Å². The van der Waals surface area contributed by atoms with Crippen LogP contribution < -0.4 is 5.32 Å². The first-order chi connectivity index (χ1) is 8.72. The van der Waals surface area contributed by atoms with Gasteiger partial charge < -0.3 is 5.32 Å². The van der Waals surface area contributed by atoms with Crippen LogP contribution in [0.15, 0.2) is 36.5 Å². The van der Waals surface area contributed by atoms with E-state index in [1.165, 1.54) is 11.1 Å². The summed E-state index contributed by atoms with van der Waals surface area (Å²) in [5.41, 5.74) is 4.22. The molecule has 2 rings (SSSR count). The van der Waals surface area contributed by atoms with Crippen molar-refractivity contribution in [2.24, 2.45) is 0 Å². The van der Waals surface area contributed by atoms with Crippen molar-refractivity contribution in [2.75, 3.05) is 5.32 Å². The Morgan fingerprint density at radius 3 is 2.72 bits per heavy atom. The molecule has 0 saturated heterocycles. The second-order valence-corrected chi connectivity index (χ2v) is 4.16. The van der Waals surface area contributed by atoms with E-state index in [-0.39, 0.29) is 0 Å². The lowest BCUT2D eigenvalue weighted by atomic mass is 10.1. The quantitative estimate of drug-likeness (QED) is 0.887. The zero-order valence-corrected chi connectivity index (χ0v) is 10.6. The predicted molar refractivity (Wildman–Crippen MR) is 72.8 cm³/mol. The van der Waals surface area contributed by atoms with Gasteiger partial charge in [0, 0.05) is 11.9 Å². The molecule has 0 saturated carbocycles. The molecule has 0 fully saturated rings. The van der Waals surface area contributed by atoms with Crippen LogP contribution in [-0.2, 0) is 6.42 Å². The number of aromatic nitrogens is 1. The Hall–Kier alpha value is -2.34. The molecule has 0 aliphatic carbocycles. The highest BCUT2D eigenvalue weighted by molar-refractivity contribution is 5.58. The summed E-state index contributed by atoms with van der Waals surface area (Å²) in [6.45, 7) is 4.26. The maximum absolute atomic E-state index is 8.71. The molecule has 0 amide bonds. The lowest BCUT2D eigenvalue weighted by Crippen LogP contribution is -1.95. The lowest BCUT2D eigenvalue weighted by molar-refractivity contribution is 1.11. The van der Waals surface area contributed by atoms with E-state index in [1.807, 2.05) is 12.1 Å². The van der Waals surface area contributed by atoms with Gasteiger partial charge in [-0.1, -0.05) is 13.0 Å². The van der Waals surface area contributed by atoms with E-state index in [9.17, 15) is 0 Å². The number of nitrogens with zero attached hydrogens (tertiary/aromatic N) is 2. The molecule has 0 radical (unpaired) electrons. The van der Waals surface area contributed by atoms with Crippen molar-refractivity contribution in [3.63, 3.8) is 0 Å². The van der Waals surface area contributed by atoms with Crippen molar-refractivity contribution in [1.82, 2.24) is 4.98 Å². The maximum atomic E-state index is 8.71. The third kappa shape index (κ3) is 2.67. The zero-order valence-electron chi connectivity index (χ0n) is 10.6. The van der Waals surface area contributed by atoms with Crippen LogP contribution >= 0.6 is 0 Å². The Morgan fingerprint density at radius 2 is 2.11 bits per heavy atom. The minimum atomic E-state index is 0.568. The third-order valence-electron chi connectivity index (χ3n) is 2.90. The minimum absolute atomic E-state index is 0.568. The van der Waals surface area contributed by atoms with Crippen molar-refractivity contribution in [3.8, 4) is 6.07 Å². The fraction of sp³-hybridized carbons (Fsp3) is 0.200. The van der Waals surface area contributed by atoms with Gasteiger partial charge in [0.15, 0.2) is 0 Å². The van der Waals surface area contributed by atoms with Crippen molar-refractivity contribution in [3.05, 3.63) is 53.2 Å². The molecule has 2 aromatic rings. The molecule has 0 aliphatic rings. The molecule has 1 aromatic heterocycles. The number of nitriles is 1. The summed E-state index contributed by atoms with van der Waals surface area (Å²) in [6, 6.07) is 11.9. The van der Waals surface area contributed by atoms with Gasteiger partial charge in [0.05, 0.1) is 5.56 Å². The molecule has 0 spiro atoms. The number of anilines is 2. The molecule has 0 atom stereocenters. The summed E-state index contributed by atoms with van der Waals surface area (Å²) in [7, 11) is 0. The van der Waals surface area contributed by atoms with E-state index in [0.29, 0.717) is 5.56 Å². The number of pyridine rings is 1. The van der Waals surface area contributed by atoms with E-state index < -0.39 is 0 Å². The number of rotatable bonds is 3. The molecule has 0 unspecified atom stereocenters. The van der Waals surface area contributed by atoms with Crippen molar-refractivity contribution in [1.29, 1.82) is 5.26 Å². The Morgan fingerprint density at radius 1 is 1.28 bits per heavy atom. The summed E-state index contributed by atoms with van der Waals surface area (Å²) in [5.74, 6) is 0.750. The van der Waals surface area contributed by atoms with E-state index in [4.69, 9.17) is 5.26 Å². The number of nitrogens with one attached hydrogen (secondary N) is 1. The van der Waals surface area contributed by atoms with Crippen LogP contribution in [0.3, 0.4) is 0 Å². The van der Waals surface area contributed by atoms with E-state index in [1.54, 1.807) is 12.3 Å². The van der Waals surface area contributed by atoms with E-state index >= 15 is 0 Å². The molecule has 3 nitrogen and oxygen atoms in total. The summed E-state index contributed by atoms with van der Waals surface area (Å²) in [6.07, 6.45) is 2.58. The molecule has 90 valence electrons. The summed E-state index contributed by atoms with van der Waals surface area (Å²) in [4.78, 5) is 4.19. The Labute approximate surface area is 107 Å². The lowest BCUT2D eigenvalue weighted by Gasteiger charge is -2.09. The monoisotopic (exact) mass is 237 g/mol. The summed E-state index contributed by atoms with van der Waals surface area (Å²) in [5, 5.41) is 11.9. The van der Waals surface area contributed by atoms with Gasteiger partial charge in [-0.3, -0.25) is 0 Å². The fourth-order valence-corrected chi connectivity index (χ4v) is 1.81. The first-order valence-electron chi connectivity index (χ1n) is 5.95. The third-order valence-corrected chi connectivity index (χ3v) is 2.90. The predicted octanol–water partition coefficient (Wildman–Crippen LogP) is 3.57. The minimum Gasteiger partial charge on any atom is -0.340 e. The van der Waals surface area contributed by atoms with Crippen LogP contribution in [0.25, 0.3) is 0 Å². The van der Waals surface area contributed by atoms with Crippen LogP contribution in [-0.4, -0.2) is 4.98 Å². The van der Waals surface area contributed by atoms with Crippen LogP contribution in [0.5, 0.6) is 0 Å². The van der Waals surface area contributed by atoms with Crippen LogP contribution in [0.2, 0.25) is 0 Å². The summed E-state index contributed by atoms with van der Waals surface area (Å²) < 4.78 is 0. The Balaban J connectivity index is 2.20. The molecular weight excluding hydrogens is 222 g/mol. The molecule has 1 aromatic carbocycles. The van der Waals surface area contributed by atoms with Crippen molar-refractivity contribution < 1.29 is 0 Å². The van der Waals surface area contributed by atoms with Gasteiger partial charge in [-0.05, 0) is 48.7 Å². The molecule has 1 heterocycles. The van der Waals surface area contributed by atoms with Gasteiger partial charge in [-0.2, -0.15) is 5.26 Å². The van der Waals surface area contributed by atoms with Gasteiger partial charge in [0.1, 0.15) is 11.9 Å². The average molecular weight is 237 g/mol. The second kappa shape index (κ2) is 5.33. The van der Waals surface area contributed by atoms with Gasteiger partial charge in [-0.15, -0.1) is 0 Å². The molecule has 3 heteroatoms. The smallest absolute Gasteiger partial charge is 0.130 e. The van der Waals surface area contributed by atoms with Gasteiger partial charge >= 0.3 is 0 Å². The van der Waals surface area contributed by atoms with Crippen molar-refractivity contribution in [2.45, 2.75) is 20.3 Å². The summed E-state index contributed by atoms with van der Waals surface area (Å²) >= 11 is 0. The topological polar surface area (TPSA) is 48.7 Å². The van der Waals surface area contributed by atoms with Gasteiger partial charge in [-0.25, -0.2) is 4.98 Å². The molecule has 1 N–H and O–H groups in total. The standard InChI is InChI=1S/C15H15N3/c1-3-13-8-14(6-4-11(13)2)18-15-7-5-12(9-16)10-17-15/h4-8,10H,3H2,1-2H3,(H,17,18). The highest BCUT2D eigenvalue weighted by atomic mass is 15.0. The van der Waals surface area contributed by atoms with Crippen LogP contribution in [0, 0.1) is 18.3 Å². The number of benzene rings is 1. The molecule has 0 bridgehead atoms. The SMILES string of the molecule is CCc1cc(Nc2ccc(C#N)cn2)ccc1C. The first-order valence-corrected chi connectivity index (χ1v) is 5.95. The van der Waals surface area contributed by atoms with E-state index in [0.717, 1.165) is 17.9 Å². The zero-order chi connectivity index (χ0) is 13.0. The number of hydrogen-bond donors (Lipinski definition) is 1. The molecular formula is C15H15N3. The molecule has 18 heavy (non-hydrogen) atoms. The second-order valence-electron chi connectivity index (χ2n) is 4.16. The van der Waals surface area contributed by atoms with Crippen molar-refractivity contribution >= 4 is 11.5 Å². The van der Waals surface area contributed by atoms with Crippen LogP contribution in [0.4, 0.5) is 11.5 Å². The number of aryl methyl sites for hydroxylation is 2. The fourth-order valence-electron chi connectivity index (χ4n) is 1.81.